The first-order valence-electron chi connectivity index (χ1n) is 6.71. The van der Waals surface area contributed by atoms with Crippen LogP contribution in [0.4, 0.5) is 0 Å². The van der Waals surface area contributed by atoms with Crippen molar-refractivity contribution < 1.29 is 9.05 Å². The Kier molecular flexibility index (Phi) is 5.29. The fourth-order valence-electron chi connectivity index (χ4n) is 1.92. The number of likely N-dealkylation sites (N-methyl/N-ethyl adjacent to an activating group) is 2. The van der Waals surface area contributed by atoms with Crippen molar-refractivity contribution in [3.8, 4) is 0 Å². The average molecular weight is 321 g/mol. The van der Waals surface area contributed by atoms with Gasteiger partial charge in [-0.1, -0.05) is 0 Å². The van der Waals surface area contributed by atoms with Crippen LogP contribution in [-0.2, 0) is 9.05 Å². The van der Waals surface area contributed by atoms with Gasteiger partial charge >= 0.3 is 0 Å². The summed E-state index contributed by atoms with van der Waals surface area (Å²) in [6, 6.07) is 0. The second-order valence-electron chi connectivity index (χ2n) is 6.62. The summed E-state index contributed by atoms with van der Waals surface area (Å²) >= 11 is 4.43. The van der Waals surface area contributed by atoms with E-state index in [2.05, 4.69) is 28.7 Å². The van der Waals surface area contributed by atoms with Gasteiger partial charge in [-0.3, -0.25) is 0 Å². The lowest BCUT2D eigenvalue weighted by Gasteiger charge is -2.34. The molecule has 1 heterocycles. The summed E-state index contributed by atoms with van der Waals surface area (Å²) < 4.78 is 16.7. The third-order valence-corrected chi connectivity index (χ3v) is 4.77. The molecule has 0 aromatic heterocycles. The molecule has 0 radical (unpaired) electrons. The Bertz CT molecular complexity index is 394. The molecule has 1 aliphatic heterocycles. The van der Waals surface area contributed by atoms with Gasteiger partial charge in [-0.05, 0) is 40.9 Å². The standard InChI is InChI=1S/C13H28N3O2PS/c1-12(2,3)17-19(8,18-13(4,5)20)14-11-15(6)9-10-16(11)7/h20H,8-10H2,1-7H3. The van der Waals surface area contributed by atoms with Gasteiger partial charge < -0.3 is 18.8 Å². The van der Waals surface area contributed by atoms with Gasteiger partial charge in [0.1, 0.15) is 4.93 Å². The Morgan fingerprint density at radius 3 is 1.90 bits per heavy atom. The lowest BCUT2D eigenvalue weighted by atomic mass is 10.2. The van der Waals surface area contributed by atoms with E-state index in [9.17, 15) is 0 Å². The van der Waals surface area contributed by atoms with Crippen LogP contribution in [0.2, 0.25) is 0 Å². The predicted octanol–water partition coefficient (Wildman–Crippen LogP) is 2.91. The molecule has 0 aliphatic carbocycles. The molecule has 118 valence electrons. The van der Waals surface area contributed by atoms with Crippen molar-refractivity contribution in [2.75, 3.05) is 27.2 Å². The largest absolute Gasteiger partial charge is 0.344 e. The zero-order valence-electron chi connectivity index (χ0n) is 13.7. The van der Waals surface area contributed by atoms with Crippen LogP contribution in [-0.4, -0.2) is 59.8 Å². The van der Waals surface area contributed by atoms with Gasteiger partial charge in [-0.2, -0.15) is 4.76 Å². The second-order valence-corrected chi connectivity index (χ2v) is 9.54. The summed E-state index contributed by atoms with van der Waals surface area (Å²) in [5.74, 6) is 0.857. The number of thiol groups is 1. The van der Waals surface area contributed by atoms with Crippen LogP contribution in [0.3, 0.4) is 0 Å². The molecular weight excluding hydrogens is 293 g/mol. The Hall–Kier alpha value is -0.160. The van der Waals surface area contributed by atoms with Gasteiger partial charge in [0.05, 0.1) is 5.60 Å². The molecule has 5 nitrogen and oxygen atoms in total. The van der Waals surface area contributed by atoms with E-state index in [1.807, 2.05) is 48.7 Å². The molecule has 1 atom stereocenters. The van der Waals surface area contributed by atoms with Gasteiger partial charge in [0.2, 0.25) is 13.5 Å². The van der Waals surface area contributed by atoms with Crippen LogP contribution >= 0.6 is 20.1 Å². The Labute approximate surface area is 128 Å². The number of nitrogens with zero attached hydrogens (tertiary/aromatic N) is 3. The maximum absolute atomic E-state index is 6.05. The van der Waals surface area contributed by atoms with E-state index in [0.29, 0.717) is 0 Å². The van der Waals surface area contributed by atoms with E-state index in [0.717, 1.165) is 19.0 Å². The SMILES string of the molecule is C=P(N=C1N(C)CCN1C)(OC(C)(C)C)OC(C)(C)S. The minimum atomic E-state index is -2.66. The van der Waals surface area contributed by atoms with E-state index < -0.39 is 12.4 Å². The summed E-state index contributed by atoms with van der Waals surface area (Å²) in [5.41, 5.74) is -0.381. The molecule has 0 spiro atoms. The molecule has 0 aromatic carbocycles. The normalized spacial score (nSPS) is 20.3. The molecule has 0 saturated carbocycles. The third-order valence-electron chi connectivity index (χ3n) is 2.48. The molecular formula is C13H28N3O2PS. The maximum atomic E-state index is 6.05. The van der Waals surface area contributed by atoms with Crippen molar-refractivity contribution in [1.29, 1.82) is 0 Å². The van der Waals surface area contributed by atoms with Crippen molar-refractivity contribution in [3.05, 3.63) is 0 Å². The first-order valence-corrected chi connectivity index (χ1v) is 8.92. The lowest BCUT2D eigenvalue weighted by molar-refractivity contribution is 0.0974. The zero-order valence-corrected chi connectivity index (χ0v) is 15.5. The molecule has 1 rings (SSSR count). The quantitative estimate of drug-likeness (QED) is 0.491. The number of hydrogen-bond donors (Lipinski definition) is 1. The fourth-order valence-corrected chi connectivity index (χ4v) is 4.55. The summed E-state index contributed by atoms with van der Waals surface area (Å²) in [7, 11) is 1.36. The molecule has 7 heteroatoms. The topological polar surface area (TPSA) is 37.3 Å². The molecule has 0 N–H and O–H groups in total. The van der Waals surface area contributed by atoms with E-state index in [4.69, 9.17) is 13.8 Å². The Balaban J connectivity index is 3.11. The van der Waals surface area contributed by atoms with Crippen molar-refractivity contribution in [3.63, 3.8) is 0 Å². The summed E-state index contributed by atoms with van der Waals surface area (Å²) in [5, 5.41) is 0. The Morgan fingerprint density at radius 1 is 1.10 bits per heavy atom. The second kappa shape index (κ2) is 5.91. The van der Waals surface area contributed by atoms with Crippen LogP contribution in [0.1, 0.15) is 34.6 Å². The summed E-state index contributed by atoms with van der Waals surface area (Å²) in [6.45, 7) is 11.5. The van der Waals surface area contributed by atoms with Crippen molar-refractivity contribution >= 4 is 32.4 Å². The van der Waals surface area contributed by atoms with E-state index in [1.165, 1.54) is 0 Å². The molecule has 1 saturated heterocycles. The van der Waals surface area contributed by atoms with Gasteiger partial charge in [0, 0.05) is 27.2 Å². The van der Waals surface area contributed by atoms with E-state index >= 15 is 0 Å². The monoisotopic (exact) mass is 321 g/mol. The van der Waals surface area contributed by atoms with Crippen molar-refractivity contribution in [1.82, 2.24) is 9.80 Å². The van der Waals surface area contributed by atoms with Gasteiger partial charge in [-0.15, -0.1) is 12.6 Å². The molecule has 1 unspecified atom stereocenters. The minimum Gasteiger partial charge on any atom is -0.344 e. The first kappa shape index (κ1) is 17.9. The van der Waals surface area contributed by atoms with Gasteiger partial charge in [0.25, 0.3) is 0 Å². The van der Waals surface area contributed by atoms with Crippen LogP contribution in [0.15, 0.2) is 4.76 Å². The van der Waals surface area contributed by atoms with Crippen molar-refractivity contribution in [2.24, 2.45) is 4.76 Å². The fraction of sp³-hybridized carbons (Fsp3) is 0.846. The first-order chi connectivity index (χ1) is 8.81. The van der Waals surface area contributed by atoms with Crippen LogP contribution in [0, 0.1) is 0 Å². The van der Waals surface area contributed by atoms with E-state index in [1.54, 1.807) is 0 Å². The van der Waals surface area contributed by atoms with Gasteiger partial charge in [-0.25, -0.2) is 0 Å². The van der Waals surface area contributed by atoms with Gasteiger partial charge in [0.15, 0.2) is 0 Å². The van der Waals surface area contributed by atoms with Crippen LogP contribution in [0.5, 0.6) is 0 Å². The Morgan fingerprint density at radius 2 is 1.55 bits per heavy atom. The number of rotatable bonds is 4. The third kappa shape index (κ3) is 5.68. The maximum Gasteiger partial charge on any atom is 0.238 e. The van der Waals surface area contributed by atoms with Crippen LogP contribution < -0.4 is 0 Å². The number of guanidine groups is 1. The summed E-state index contributed by atoms with van der Waals surface area (Å²) in [4.78, 5) is 3.52. The lowest BCUT2D eigenvalue weighted by Crippen LogP contribution is -2.29. The van der Waals surface area contributed by atoms with Crippen LogP contribution in [0.25, 0.3) is 0 Å². The highest BCUT2D eigenvalue weighted by atomic mass is 32.1. The molecule has 0 bridgehead atoms. The number of hydrogen-bond acceptors (Lipinski definition) is 4. The molecule has 1 aliphatic rings. The minimum absolute atomic E-state index is 0.381. The molecule has 0 amide bonds. The van der Waals surface area contributed by atoms with Crippen molar-refractivity contribution in [2.45, 2.75) is 45.2 Å². The average Bonchev–Trinajstić information content (AvgIpc) is 2.42. The molecule has 20 heavy (non-hydrogen) atoms. The molecule has 0 aromatic rings. The highest BCUT2D eigenvalue weighted by Gasteiger charge is 2.32. The predicted molar refractivity (Wildman–Crippen MR) is 91.7 cm³/mol. The molecule has 1 fully saturated rings. The zero-order chi connectivity index (χ0) is 15.8. The van der Waals surface area contributed by atoms with E-state index in [-0.39, 0.29) is 5.60 Å². The summed E-state index contributed by atoms with van der Waals surface area (Å²) in [6.07, 6.45) is 4.15. The highest BCUT2D eigenvalue weighted by molar-refractivity contribution is 7.82. The highest BCUT2D eigenvalue weighted by Crippen LogP contribution is 2.56. The smallest absolute Gasteiger partial charge is 0.238 e.